The van der Waals surface area contributed by atoms with Gasteiger partial charge in [0.15, 0.2) is 0 Å². The van der Waals surface area contributed by atoms with Crippen LogP contribution in [0.25, 0.3) is 0 Å². The van der Waals surface area contributed by atoms with Gasteiger partial charge in [-0.05, 0) is 51.9 Å². The minimum atomic E-state index is 1.18. The van der Waals surface area contributed by atoms with Gasteiger partial charge >= 0.3 is 0 Å². The van der Waals surface area contributed by atoms with Crippen molar-refractivity contribution in [3.8, 4) is 0 Å². The van der Waals surface area contributed by atoms with Crippen molar-refractivity contribution >= 4 is 0 Å². The summed E-state index contributed by atoms with van der Waals surface area (Å²) in [5.41, 5.74) is 0. The van der Waals surface area contributed by atoms with Gasteiger partial charge in [-0.2, -0.15) is 0 Å². The highest BCUT2D eigenvalue weighted by molar-refractivity contribution is 4.71. The molecule has 0 unspecified atom stereocenters. The van der Waals surface area contributed by atoms with Crippen LogP contribution in [0.3, 0.4) is 0 Å². The Morgan fingerprint density at radius 1 is 0.722 bits per heavy atom. The van der Waals surface area contributed by atoms with Crippen LogP contribution in [0.2, 0.25) is 0 Å². The summed E-state index contributed by atoms with van der Waals surface area (Å²) < 4.78 is 0. The lowest BCUT2D eigenvalue weighted by atomic mass is 10.2. The molecule has 108 valence electrons. The molecule has 18 heavy (non-hydrogen) atoms. The van der Waals surface area contributed by atoms with Crippen LogP contribution < -0.4 is 5.32 Å². The number of hydrogen-bond acceptors (Lipinski definition) is 3. The Hall–Kier alpha value is -0.120. The van der Waals surface area contributed by atoms with E-state index in [1.54, 1.807) is 0 Å². The maximum atomic E-state index is 3.47. The molecule has 0 atom stereocenters. The number of unbranched alkanes of at least 4 members (excludes halogenated alkanes) is 2. The second kappa shape index (κ2) is 10.8. The van der Waals surface area contributed by atoms with Gasteiger partial charge in [-0.1, -0.05) is 20.3 Å². The van der Waals surface area contributed by atoms with Gasteiger partial charge in [0, 0.05) is 26.2 Å². The van der Waals surface area contributed by atoms with E-state index >= 15 is 0 Å². The molecule has 0 aromatic rings. The molecular weight excluding hydrogens is 222 g/mol. The van der Waals surface area contributed by atoms with Crippen molar-refractivity contribution in [2.45, 2.75) is 46.0 Å². The highest BCUT2D eigenvalue weighted by Crippen LogP contribution is 2.05. The summed E-state index contributed by atoms with van der Waals surface area (Å²) in [6.45, 7) is 14.6. The molecule has 0 amide bonds. The van der Waals surface area contributed by atoms with E-state index in [-0.39, 0.29) is 0 Å². The number of rotatable bonds is 10. The van der Waals surface area contributed by atoms with E-state index in [4.69, 9.17) is 0 Å². The number of nitrogens with zero attached hydrogens (tertiary/aromatic N) is 2. The Kier molecular flexibility index (Phi) is 9.54. The Morgan fingerprint density at radius 2 is 1.39 bits per heavy atom. The van der Waals surface area contributed by atoms with Gasteiger partial charge in [-0.3, -0.25) is 0 Å². The van der Waals surface area contributed by atoms with Crippen LogP contribution in [0.4, 0.5) is 0 Å². The Bertz CT molecular complexity index is 177. The number of nitrogens with one attached hydrogen (secondary N) is 1. The van der Waals surface area contributed by atoms with E-state index in [2.05, 4.69) is 29.0 Å². The number of hydrogen-bond donors (Lipinski definition) is 1. The van der Waals surface area contributed by atoms with Crippen LogP contribution in [-0.4, -0.2) is 62.2 Å². The summed E-state index contributed by atoms with van der Waals surface area (Å²) in [5.74, 6) is 0. The van der Waals surface area contributed by atoms with Crippen LogP contribution in [0.1, 0.15) is 46.0 Å². The van der Waals surface area contributed by atoms with Gasteiger partial charge < -0.3 is 15.1 Å². The van der Waals surface area contributed by atoms with E-state index < -0.39 is 0 Å². The van der Waals surface area contributed by atoms with Gasteiger partial charge in [0.2, 0.25) is 0 Å². The van der Waals surface area contributed by atoms with E-state index in [1.807, 2.05) is 0 Å². The Labute approximate surface area is 114 Å². The molecule has 0 aromatic carbocycles. The van der Waals surface area contributed by atoms with E-state index in [9.17, 15) is 0 Å². The summed E-state index contributed by atoms with van der Waals surface area (Å²) in [5, 5.41) is 3.47. The third-order valence-corrected chi connectivity index (χ3v) is 3.76. The highest BCUT2D eigenvalue weighted by atomic mass is 15.3. The first-order chi connectivity index (χ1) is 8.86. The van der Waals surface area contributed by atoms with E-state index in [1.165, 1.54) is 84.5 Å². The SMILES string of the molecule is CCCNCCCCCN1CCN(CCC)CC1. The smallest absolute Gasteiger partial charge is 0.0110 e. The first-order valence-corrected chi connectivity index (χ1v) is 8.02. The summed E-state index contributed by atoms with van der Waals surface area (Å²) >= 11 is 0. The molecule has 1 heterocycles. The van der Waals surface area contributed by atoms with Gasteiger partial charge in [0.05, 0.1) is 0 Å². The van der Waals surface area contributed by atoms with Gasteiger partial charge in [0.1, 0.15) is 0 Å². The predicted octanol–water partition coefficient (Wildman–Crippen LogP) is 2.18. The molecule has 0 aliphatic carbocycles. The molecule has 3 nitrogen and oxygen atoms in total. The van der Waals surface area contributed by atoms with Crippen LogP contribution in [0.5, 0.6) is 0 Å². The molecule has 0 saturated carbocycles. The summed E-state index contributed by atoms with van der Waals surface area (Å²) in [4.78, 5) is 5.25. The molecule has 1 saturated heterocycles. The molecule has 3 heteroatoms. The molecule has 1 aliphatic rings. The summed E-state index contributed by atoms with van der Waals surface area (Å²) in [7, 11) is 0. The zero-order valence-electron chi connectivity index (χ0n) is 12.6. The molecule has 0 aromatic heterocycles. The van der Waals surface area contributed by atoms with Crippen molar-refractivity contribution in [2.75, 3.05) is 52.4 Å². The first kappa shape index (κ1) is 15.9. The van der Waals surface area contributed by atoms with Crippen LogP contribution >= 0.6 is 0 Å². The largest absolute Gasteiger partial charge is 0.317 e. The van der Waals surface area contributed by atoms with E-state index in [0.29, 0.717) is 0 Å². The molecule has 0 bridgehead atoms. The standard InChI is InChI=1S/C15H33N3/c1-3-8-16-9-6-5-7-11-18-14-12-17(10-4-2)13-15-18/h16H,3-15H2,1-2H3. The van der Waals surface area contributed by atoms with Gasteiger partial charge in [-0.15, -0.1) is 0 Å². The fraction of sp³-hybridized carbons (Fsp3) is 1.00. The fourth-order valence-electron chi connectivity index (χ4n) is 2.62. The Balaban J connectivity index is 1.88. The van der Waals surface area contributed by atoms with Crippen molar-refractivity contribution in [3.05, 3.63) is 0 Å². The van der Waals surface area contributed by atoms with E-state index in [0.717, 1.165) is 0 Å². The monoisotopic (exact) mass is 255 g/mol. The zero-order chi connectivity index (χ0) is 13.1. The van der Waals surface area contributed by atoms with Crippen LogP contribution in [-0.2, 0) is 0 Å². The molecule has 0 spiro atoms. The van der Waals surface area contributed by atoms with Gasteiger partial charge in [0.25, 0.3) is 0 Å². The second-order valence-corrected chi connectivity index (χ2v) is 5.49. The van der Waals surface area contributed by atoms with Crippen molar-refractivity contribution < 1.29 is 0 Å². The topological polar surface area (TPSA) is 18.5 Å². The fourth-order valence-corrected chi connectivity index (χ4v) is 2.62. The van der Waals surface area contributed by atoms with Crippen LogP contribution in [0, 0.1) is 0 Å². The predicted molar refractivity (Wildman–Crippen MR) is 80.2 cm³/mol. The van der Waals surface area contributed by atoms with Crippen molar-refractivity contribution in [1.82, 2.24) is 15.1 Å². The van der Waals surface area contributed by atoms with Crippen LogP contribution in [0.15, 0.2) is 0 Å². The van der Waals surface area contributed by atoms with Crippen molar-refractivity contribution in [3.63, 3.8) is 0 Å². The molecule has 1 N–H and O–H groups in total. The summed E-state index contributed by atoms with van der Waals surface area (Å²) in [6, 6.07) is 0. The average Bonchev–Trinajstić information content (AvgIpc) is 2.40. The third kappa shape index (κ3) is 7.34. The minimum Gasteiger partial charge on any atom is -0.317 e. The van der Waals surface area contributed by atoms with Crippen molar-refractivity contribution in [2.24, 2.45) is 0 Å². The normalized spacial score (nSPS) is 18.3. The Morgan fingerprint density at radius 3 is 2.00 bits per heavy atom. The zero-order valence-corrected chi connectivity index (χ0v) is 12.6. The quantitative estimate of drug-likeness (QED) is 0.604. The van der Waals surface area contributed by atoms with Crippen molar-refractivity contribution in [1.29, 1.82) is 0 Å². The molecule has 1 aliphatic heterocycles. The lowest BCUT2D eigenvalue weighted by Crippen LogP contribution is -2.46. The lowest BCUT2D eigenvalue weighted by Gasteiger charge is -2.34. The maximum absolute atomic E-state index is 3.47. The summed E-state index contributed by atoms with van der Waals surface area (Å²) in [6.07, 6.45) is 6.65. The third-order valence-electron chi connectivity index (χ3n) is 3.76. The molecule has 1 fully saturated rings. The first-order valence-electron chi connectivity index (χ1n) is 8.02. The van der Waals surface area contributed by atoms with Gasteiger partial charge in [-0.25, -0.2) is 0 Å². The average molecular weight is 255 g/mol. The lowest BCUT2D eigenvalue weighted by molar-refractivity contribution is 0.131. The minimum absolute atomic E-state index is 1.18. The highest BCUT2D eigenvalue weighted by Gasteiger charge is 2.14. The second-order valence-electron chi connectivity index (χ2n) is 5.49. The molecule has 0 radical (unpaired) electrons. The maximum Gasteiger partial charge on any atom is 0.0110 e. The number of piperazine rings is 1. The molecular formula is C15H33N3. The molecule has 1 rings (SSSR count).